The summed E-state index contributed by atoms with van der Waals surface area (Å²) in [5.74, 6) is -1.22. The van der Waals surface area contributed by atoms with Crippen LogP contribution in [-0.2, 0) is 4.79 Å². The molecule has 0 fully saturated rings. The number of nitrogens with zero attached hydrogens (tertiary/aromatic N) is 1. The maximum absolute atomic E-state index is 10.6. The third-order valence-corrected chi connectivity index (χ3v) is 2.10. The van der Waals surface area contributed by atoms with Crippen molar-refractivity contribution in [3.05, 3.63) is 17.2 Å². The van der Waals surface area contributed by atoms with E-state index in [0.717, 1.165) is 0 Å². The first kappa shape index (κ1) is 12.9. The Bertz CT molecular complexity index is 349. The molecule has 0 aliphatic heterocycles. The van der Waals surface area contributed by atoms with E-state index >= 15 is 0 Å². The number of nitrogens with two attached hydrogens (primary N) is 1. The molecule has 0 saturated heterocycles. The Kier molecular flexibility index (Phi) is 5.19. The zero-order chi connectivity index (χ0) is 9.84. The van der Waals surface area contributed by atoms with Gasteiger partial charge in [0.1, 0.15) is 0 Å². The number of aromatic nitrogens is 1. The predicted molar refractivity (Wildman–Crippen MR) is 57.0 cm³/mol. The molecular weight excluding hydrogens is 224 g/mol. The summed E-state index contributed by atoms with van der Waals surface area (Å²) in [6.07, 6.45) is 2.19. The van der Waals surface area contributed by atoms with Crippen LogP contribution in [0.4, 0.5) is 5.13 Å². The van der Waals surface area contributed by atoms with Gasteiger partial charge in [-0.2, -0.15) is 0 Å². The van der Waals surface area contributed by atoms with Crippen LogP contribution < -0.4 is 10.8 Å². The van der Waals surface area contributed by atoms with Crippen LogP contribution in [0.1, 0.15) is 19.0 Å². The summed E-state index contributed by atoms with van der Waals surface area (Å²) < 4.78 is 0. The number of carboxylic acid groups (broad SMARTS) is 1. The standard InChI is InChI=1S/C8H10N2O2S.ClH/c1-2-3-5(7(11)12)6-4-13-8(9)10-6;/h3-4H,2H2,1H3,(H2,9,10)(H,11,12);1H/p-1/b5-3-;. The van der Waals surface area contributed by atoms with Crippen LogP contribution in [-0.4, -0.2) is 11.0 Å². The van der Waals surface area contributed by atoms with Gasteiger partial charge in [0.15, 0.2) is 5.13 Å². The molecule has 0 amide bonds. The van der Waals surface area contributed by atoms with Crippen molar-refractivity contribution in [1.29, 1.82) is 0 Å². The molecule has 0 saturated carbocycles. The van der Waals surface area contributed by atoms with Gasteiger partial charge in [-0.25, -0.2) is 4.98 Å². The van der Waals surface area contributed by atoms with E-state index in [-0.39, 0.29) is 18.0 Å². The number of hydrogen-bond acceptors (Lipinski definition) is 5. The molecule has 0 unspecified atom stereocenters. The lowest BCUT2D eigenvalue weighted by Gasteiger charge is -2.03. The minimum Gasteiger partial charge on any atom is -0.545 e. The van der Waals surface area contributed by atoms with Gasteiger partial charge in [-0.15, -0.1) is 23.7 Å². The fourth-order valence-corrected chi connectivity index (χ4v) is 1.47. The maximum Gasteiger partial charge on any atom is 0.180 e. The number of carboxylic acids is 1. The van der Waals surface area contributed by atoms with Crippen LogP contribution >= 0.6 is 23.7 Å². The number of nitrogen functional groups attached to an aromatic ring is 1. The summed E-state index contributed by atoms with van der Waals surface area (Å²) in [6, 6.07) is 0. The number of aliphatic carboxylic acids is 1. The van der Waals surface area contributed by atoms with Crippen molar-refractivity contribution < 1.29 is 9.90 Å². The third kappa shape index (κ3) is 3.01. The monoisotopic (exact) mass is 233 g/mol. The fraction of sp³-hybridized carbons (Fsp3) is 0.250. The molecule has 0 spiro atoms. The number of carbonyl (C=O) groups excluding carboxylic acids is 1. The van der Waals surface area contributed by atoms with E-state index in [0.29, 0.717) is 17.2 Å². The molecule has 1 heterocycles. The van der Waals surface area contributed by atoms with Gasteiger partial charge in [0.05, 0.1) is 11.7 Å². The van der Waals surface area contributed by atoms with Crippen molar-refractivity contribution in [3.63, 3.8) is 0 Å². The summed E-state index contributed by atoms with van der Waals surface area (Å²) in [7, 11) is 0. The van der Waals surface area contributed by atoms with Crippen LogP contribution in [0.3, 0.4) is 0 Å². The second-order valence-electron chi connectivity index (χ2n) is 2.38. The van der Waals surface area contributed by atoms with Crippen LogP contribution in [0.15, 0.2) is 11.5 Å². The fourth-order valence-electron chi connectivity index (χ4n) is 0.908. The number of hydrogen-bond donors (Lipinski definition) is 1. The van der Waals surface area contributed by atoms with E-state index < -0.39 is 5.97 Å². The lowest BCUT2D eigenvalue weighted by Crippen LogP contribution is -2.23. The van der Waals surface area contributed by atoms with E-state index in [1.807, 2.05) is 6.92 Å². The summed E-state index contributed by atoms with van der Waals surface area (Å²) in [4.78, 5) is 14.5. The third-order valence-electron chi connectivity index (χ3n) is 1.43. The van der Waals surface area contributed by atoms with Gasteiger partial charge in [-0.1, -0.05) is 13.0 Å². The highest BCUT2D eigenvalue weighted by molar-refractivity contribution is 7.13. The lowest BCUT2D eigenvalue weighted by molar-refractivity contribution is -0.295. The highest BCUT2D eigenvalue weighted by Gasteiger charge is 2.05. The Morgan fingerprint density at radius 1 is 1.79 bits per heavy atom. The van der Waals surface area contributed by atoms with Gasteiger partial charge in [-0.05, 0) is 6.42 Å². The average molecular weight is 234 g/mol. The molecule has 0 aliphatic carbocycles. The first-order chi connectivity index (χ1) is 6.15. The minimum absolute atomic E-state index is 0. The number of carbonyl (C=O) groups is 1. The molecule has 6 heteroatoms. The van der Waals surface area contributed by atoms with Crippen molar-refractivity contribution >= 4 is 40.4 Å². The molecule has 0 aliphatic rings. The van der Waals surface area contributed by atoms with Crippen LogP contribution in [0.2, 0.25) is 0 Å². The molecule has 2 N–H and O–H groups in total. The van der Waals surface area contributed by atoms with Gasteiger partial charge in [-0.3, -0.25) is 0 Å². The number of rotatable bonds is 3. The number of allylic oxidation sites excluding steroid dienone is 1. The Balaban J connectivity index is 0.00000169. The maximum atomic E-state index is 10.6. The topological polar surface area (TPSA) is 79.0 Å². The number of halogens is 1. The van der Waals surface area contributed by atoms with E-state index in [2.05, 4.69) is 4.98 Å². The molecular formula is C8H10ClN2O2S-. The normalized spacial score (nSPS) is 10.8. The van der Waals surface area contributed by atoms with Crippen molar-refractivity contribution in [1.82, 2.24) is 4.98 Å². The second kappa shape index (κ2) is 5.62. The van der Waals surface area contributed by atoms with Gasteiger partial charge < -0.3 is 15.6 Å². The summed E-state index contributed by atoms with van der Waals surface area (Å²) >= 11 is 1.21. The molecule has 1 aromatic heterocycles. The van der Waals surface area contributed by atoms with Gasteiger partial charge in [0.2, 0.25) is 0 Å². The second-order valence-corrected chi connectivity index (χ2v) is 3.27. The Hall–Kier alpha value is -1.07. The van der Waals surface area contributed by atoms with Crippen LogP contribution in [0, 0.1) is 0 Å². The minimum atomic E-state index is -1.22. The molecule has 14 heavy (non-hydrogen) atoms. The van der Waals surface area contributed by atoms with E-state index in [1.54, 1.807) is 11.5 Å². The smallest absolute Gasteiger partial charge is 0.180 e. The summed E-state index contributed by atoms with van der Waals surface area (Å²) in [6.45, 7) is 1.85. The first-order valence-corrected chi connectivity index (χ1v) is 4.66. The Morgan fingerprint density at radius 2 is 2.43 bits per heavy atom. The molecule has 0 radical (unpaired) electrons. The first-order valence-electron chi connectivity index (χ1n) is 3.78. The van der Waals surface area contributed by atoms with E-state index in [9.17, 15) is 9.90 Å². The summed E-state index contributed by atoms with van der Waals surface area (Å²) in [5, 5.41) is 12.6. The van der Waals surface area contributed by atoms with Crippen molar-refractivity contribution in [2.45, 2.75) is 13.3 Å². The van der Waals surface area contributed by atoms with E-state index in [4.69, 9.17) is 5.73 Å². The van der Waals surface area contributed by atoms with Crippen LogP contribution in [0.5, 0.6) is 0 Å². The van der Waals surface area contributed by atoms with Gasteiger partial charge in [0, 0.05) is 11.0 Å². The molecule has 4 nitrogen and oxygen atoms in total. The molecule has 0 bridgehead atoms. The average Bonchev–Trinajstić information content (AvgIpc) is 2.46. The number of thiazole rings is 1. The van der Waals surface area contributed by atoms with Crippen molar-refractivity contribution in [2.75, 3.05) is 5.73 Å². The predicted octanol–water partition coefficient (Wildman–Crippen LogP) is 0.690. The van der Waals surface area contributed by atoms with E-state index in [1.165, 1.54) is 11.3 Å². The van der Waals surface area contributed by atoms with Gasteiger partial charge >= 0.3 is 0 Å². The molecule has 1 rings (SSSR count). The van der Waals surface area contributed by atoms with Crippen molar-refractivity contribution in [2.24, 2.45) is 0 Å². The molecule has 1 aromatic rings. The van der Waals surface area contributed by atoms with Crippen molar-refractivity contribution in [3.8, 4) is 0 Å². The SMILES string of the molecule is CC/C=C(\C(=O)[O-])c1csc(N)n1.Cl. The highest BCUT2D eigenvalue weighted by atomic mass is 35.5. The summed E-state index contributed by atoms with van der Waals surface area (Å²) in [5.41, 5.74) is 5.87. The molecule has 0 aromatic carbocycles. The highest BCUT2D eigenvalue weighted by Crippen LogP contribution is 2.19. The zero-order valence-corrected chi connectivity index (χ0v) is 9.15. The molecule has 0 atom stereocenters. The quantitative estimate of drug-likeness (QED) is 0.779. The van der Waals surface area contributed by atoms with Gasteiger partial charge in [0.25, 0.3) is 0 Å². The Morgan fingerprint density at radius 3 is 2.79 bits per heavy atom. The van der Waals surface area contributed by atoms with Crippen LogP contribution in [0.25, 0.3) is 5.57 Å². The molecule has 78 valence electrons. The zero-order valence-electron chi connectivity index (χ0n) is 7.52. The largest absolute Gasteiger partial charge is 0.545 e. The number of anilines is 1. The lowest BCUT2D eigenvalue weighted by atomic mass is 10.2. The Labute approximate surface area is 91.9 Å².